The molecule has 1 aromatic carbocycles. The molecule has 1 aromatic rings. The lowest BCUT2D eigenvalue weighted by Crippen LogP contribution is -2.10. The maximum absolute atomic E-state index is 10.1. The second-order valence-electron chi connectivity index (χ2n) is 3.94. The SMILES string of the molecule is CCC(CC)C(O)c1cccc(C)c1. The van der Waals surface area contributed by atoms with Crippen molar-refractivity contribution in [3.63, 3.8) is 0 Å². The summed E-state index contributed by atoms with van der Waals surface area (Å²) < 4.78 is 0. The molecule has 0 aliphatic rings. The van der Waals surface area contributed by atoms with Gasteiger partial charge in [-0.05, 0) is 18.4 Å². The van der Waals surface area contributed by atoms with Crippen LogP contribution in [-0.4, -0.2) is 5.11 Å². The van der Waals surface area contributed by atoms with Crippen LogP contribution >= 0.6 is 0 Å². The summed E-state index contributed by atoms with van der Waals surface area (Å²) in [4.78, 5) is 0. The van der Waals surface area contributed by atoms with Gasteiger partial charge in [-0.1, -0.05) is 56.5 Å². The Hall–Kier alpha value is -0.820. The molecule has 0 saturated heterocycles. The number of hydrogen-bond donors (Lipinski definition) is 1. The number of hydrogen-bond acceptors (Lipinski definition) is 1. The fourth-order valence-corrected chi connectivity index (χ4v) is 1.86. The fourth-order valence-electron chi connectivity index (χ4n) is 1.86. The van der Waals surface area contributed by atoms with Crippen molar-refractivity contribution in [3.8, 4) is 0 Å². The minimum Gasteiger partial charge on any atom is -0.388 e. The molecular formula is C13H20O. The zero-order valence-corrected chi connectivity index (χ0v) is 9.33. The third-order valence-electron chi connectivity index (χ3n) is 2.88. The van der Waals surface area contributed by atoms with Gasteiger partial charge in [-0.15, -0.1) is 0 Å². The van der Waals surface area contributed by atoms with Gasteiger partial charge in [0.2, 0.25) is 0 Å². The molecule has 0 radical (unpaired) electrons. The Morgan fingerprint density at radius 1 is 1.21 bits per heavy atom. The van der Waals surface area contributed by atoms with E-state index in [1.807, 2.05) is 12.1 Å². The van der Waals surface area contributed by atoms with Crippen LogP contribution in [0.2, 0.25) is 0 Å². The number of benzene rings is 1. The molecule has 0 fully saturated rings. The average Bonchev–Trinajstić information content (AvgIpc) is 2.19. The Morgan fingerprint density at radius 2 is 1.86 bits per heavy atom. The molecule has 0 aromatic heterocycles. The zero-order valence-electron chi connectivity index (χ0n) is 9.33. The van der Waals surface area contributed by atoms with Gasteiger partial charge < -0.3 is 5.11 Å². The van der Waals surface area contributed by atoms with Crippen molar-refractivity contribution in [1.82, 2.24) is 0 Å². The van der Waals surface area contributed by atoms with Crippen molar-refractivity contribution in [2.75, 3.05) is 0 Å². The summed E-state index contributed by atoms with van der Waals surface area (Å²) in [5.74, 6) is 0.386. The quantitative estimate of drug-likeness (QED) is 0.774. The van der Waals surface area contributed by atoms with Crippen LogP contribution in [0.3, 0.4) is 0 Å². The topological polar surface area (TPSA) is 20.2 Å². The molecule has 1 atom stereocenters. The molecule has 0 heterocycles. The summed E-state index contributed by atoms with van der Waals surface area (Å²) >= 11 is 0. The molecule has 0 saturated carbocycles. The summed E-state index contributed by atoms with van der Waals surface area (Å²) in [6.07, 6.45) is 1.77. The van der Waals surface area contributed by atoms with Gasteiger partial charge in [0.15, 0.2) is 0 Å². The molecule has 0 bridgehead atoms. The van der Waals surface area contributed by atoms with Crippen molar-refractivity contribution >= 4 is 0 Å². The predicted octanol–water partition coefficient (Wildman–Crippen LogP) is 3.46. The molecule has 1 unspecified atom stereocenters. The first-order valence-corrected chi connectivity index (χ1v) is 5.43. The first-order valence-electron chi connectivity index (χ1n) is 5.43. The van der Waals surface area contributed by atoms with Gasteiger partial charge in [-0.3, -0.25) is 0 Å². The van der Waals surface area contributed by atoms with E-state index in [-0.39, 0.29) is 6.10 Å². The van der Waals surface area contributed by atoms with Crippen LogP contribution in [0.1, 0.15) is 43.9 Å². The Kier molecular flexibility index (Phi) is 4.15. The molecule has 0 amide bonds. The van der Waals surface area contributed by atoms with E-state index in [0.29, 0.717) is 5.92 Å². The summed E-state index contributed by atoms with van der Waals surface area (Å²) in [5, 5.41) is 10.1. The van der Waals surface area contributed by atoms with E-state index in [4.69, 9.17) is 0 Å². The van der Waals surface area contributed by atoms with E-state index in [1.165, 1.54) is 5.56 Å². The lowest BCUT2D eigenvalue weighted by Gasteiger charge is -2.20. The summed E-state index contributed by atoms with van der Waals surface area (Å²) in [6.45, 7) is 6.32. The normalized spacial score (nSPS) is 13.2. The van der Waals surface area contributed by atoms with Gasteiger partial charge in [0.25, 0.3) is 0 Å². The molecule has 1 heteroatoms. The molecular weight excluding hydrogens is 172 g/mol. The standard InChI is InChI=1S/C13H20O/c1-4-11(5-2)13(14)12-8-6-7-10(3)9-12/h6-9,11,13-14H,4-5H2,1-3H3. The Bertz CT molecular complexity index is 276. The lowest BCUT2D eigenvalue weighted by atomic mass is 9.91. The second kappa shape index (κ2) is 5.16. The molecule has 1 N–H and O–H groups in total. The van der Waals surface area contributed by atoms with Crippen molar-refractivity contribution in [1.29, 1.82) is 0 Å². The van der Waals surface area contributed by atoms with Gasteiger partial charge in [0, 0.05) is 0 Å². The van der Waals surface area contributed by atoms with Crippen LogP contribution in [0, 0.1) is 12.8 Å². The van der Waals surface area contributed by atoms with Gasteiger partial charge in [-0.25, -0.2) is 0 Å². The minimum absolute atomic E-state index is 0.301. The first kappa shape index (κ1) is 11.3. The predicted molar refractivity (Wildman–Crippen MR) is 60.2 cm³/mol. The number of rotatable bonds is 4. The van der Waals surface area contributed by atoms with Crippen LogP contribution in [-0.2, 0) is 0 Å². The lowest BCUT2D eigenvalue weighted by molar-refractivity contribution is 0.103. The maximum atomic E-state index is 10.1. The molecule has 78 valence electrons. The summed E-state index contributed by atoms with van der Waals surface area (Å²) in [6, 6.07) is 8.15. The number of aliphatic hydroxyl groups is 1. The first-order chi connectivity index (χ1) is 6.69. The van der Waals surface area contributed by atoms with E-state index in [0.717, 1.165) is 18.4 Å². The van der Waals surface area contributed by atoms with Gasteiger partial charge >= 0.3 is 0 Å². The second-order valence-corrected chi connectivity index (χ2v) is 3.94. The molecule has 0 aliphatic heterocycles. The summed E-state index contributed by atoms with van der Waals surface area (Å²) in [7, 11) is 0. The smallest absolute Gasteiger partial charge is 0.0818 e. The molecule has 0 aliphatic carbocycles. The minimum atomic E-state index is -0.301. The third kappa shape index (κ3) is 2.58. The van der Waals surface area contributed by atoms with Crippen LogP contribution in [0.5, 0.6) is 0 Å². The van der Waals surface area contributed by atoms with Crippen molar-refractivity contribution in [2.24, 2.45) is 5.92 Å². The highest BCUT2D eigenvalue weighted by Crippen LogP contribution is 2.27. The monoisotopic (exact) mass is 192 g/mol. The van der Waals surface area contributed by atoms with Gasteiger partial charge in [0.05, 0.1) is 6.10 Å². The zero-order chi connectivity index (χ0) is 10.6. The van der Waals surface area contributed by atoms with E-state index < -0.39 is 0 Å². The highest BCUT2D eigenvalue weighted by Gasteiger charge is 2.16. The highest BCUT2D eigenvalue weighted by atomic mass is 16.3. The number of aliphatic hydroxyl groups excluding tert-OH is 1. The van der Waals surface area contributed by atoms with E-state index >= 15 is 0 Å². The van der Waals surface area contributed by atoms with Gasteiger partial charge in [0.1, 0.15) is 0 Å². The van der Waals surface area contributed by atoms with Gasteiger partial charge in [-0.2, -0.15) is 0 Å². The van der Waals surface area contributed by atoms with Crippen LogP contribution in [0.4, 0.5) is 0 Å². The Morgan fingerprint density at radius 3 is 2.36 bits per heavy atom. The van der Waals surface area contributed by atoms with Crippen molar-refractivity contribution < 1.29 is 5.11 Å². The average molecular weight is 192 g/mol. The van der Waals surface area contributed by atoms with Crippen LogP contribution in [0.25, 0.3) is 0 Å². The maximum Gasteiger partial charge on any atom is 0.0818 e. The van der Waals surface area contributed by atoms with Crippen molar-refractivity contribution in [2.45, 2.75) is 39.7 Å². The van der Waals surface area contributed by atoms with Crippen LogP contribution in [0.15, 0.2) is 24.3 Å². The Labute approximate surface area is 86.8 Å². The molecule has 14 heavy (non-hydrogen) atoms. The largest absolute Gasteiger partial charge is 0.388 e. The third-order valence-corrected chi connectivity index (χ3v) is 2.88. The van der Waals surface area contributed by atoms with Crippen LogP contribution < -0.4 is 0 Å². The van der Waals surface area contributed by atoms with E-state index in [2.05, 4.69) is 32.9 Å². The van der Waals surface area contributed by atoms with Crippen molar-refractivity contribution in [3.05, 3.63) is 35.4 Å². The number of aryl methyl sites for hydroxylation is 1. The molecule has 0 spiro atoms. The Balaban J connectivity index is 2.82. The van der Waals surface area contributed by atoms with E-state index in [9.17, 15) is 5.11 Å². The molecule has 1 nitrogen and oxygen atoms in total. The van der Waals surface area contributed by atoms with E-state index in [1.54, 1.807) is 0 Å². The summed E-state index contributed by atoms with van der Waals surface area (Å²) in [5.41, 5.74) is 2.27. The molecule has 1 rings (SSSR count). The highest BCUT2D eigenvalue weighted by molar-refractivity contribution is 5.24. The fraction of sp³-hybridized carbons (Fsp3) is 0.538.